The molecule has 0 aliphatic carbocycles. The summed E-state index contributed by atoms with van der Waals surface area (Å²) in [5.41, 5.74) is 0.845. The number of benzene rings is 2. The SMILES string of the molecule is Cc1ccc(-c2nc(CS(=O)(=O)CC(=O)Cc3cc(C(F)(F)F)ccc3Cl)c(C)o2)cc1. The second-order valence-corrected chi connectivity index (χ2v) is 9.91. The van der Waals surface area contributed by atoms with Gasteiger partial charge in [-0.05, 0) is 49.7 Å². The van der Waals surface area contributed by atoms with Gasteiger partial charge in [-0.25, -0.2) is 13.4 Å². The lowest BCUT2D eigenvalue weighted by Gasteiger charge is -2.10. The predicted octanol–water partition coefficient (Wildman–Crippen LogP) is 5.36. The predicted molar refractivity (Wildman–Crippen MR) is 114 cm³/mol. The number of Topliss-reactive ketones (excluding diaryl/α,β-unsaturated/α-hetero) is 1. The van der Waals surface area contributed by atoms with Gasteiger partial charge in [0, 0.05) is 17.0 Å². The maximum Gasteiger partial charge on any atom is 0.416 e. The third kappa shape index (κ3) is 5.98. The number of hydrogen-bond donors (Lipinski definition) is 0. The zero-order valence-electron chi connectivity index (χ0n) is 17.2. The van der Waals surface area contributed by atoms with Crippen molar-refractivity contribution in [1.82, 2.24) is 4.98 Å². The van der Waals surface area contributed by atoms with Gasteiger partial charge in [-0.1, -0.05) is 29.3 Å². The molecule has 0 atom stereocenters. The Labute approximate surface area is 188 Å². The number of sulfone groups is 1. The summed E-state index contributed by atoms with van der Waals surface area (Å²) in [7, 11) is -3.94. The van der Waals surface area contributed by atoms with Crippen LogP contribution in [-0.2, 0) is 33.0 Å². The quantitative estimate of drug-likeness (QED) is 0.450. The van der Waals surface area contributed by atoms with Gasteiger partial charge in [-0.15, -0.1) is 0 Å². The van der Waals surface area contributed by atoms with E-state index in [1.54, 1.807) is 19.1 Å². The van der Waals surface area contributed by atoms with Gasteiger partial charge in [-0.3, -0.25) is 4.79 Å². The Morgan fingerprint density at radius 1 is 1.09 bits per heavy atom. The summed E-state index contributed by atoms with van der Waals surface area (Å²) in [4.78, 5) is 16.5. The van der Waals surface area contributed by atoms with Crippen LogP contribution in [0.15, 0.2) is 46.9 Å². The standard InChI is InChI=1S/C22H19ClF3NO4S/c1-13-3-5-15(6-4-13)21-27-20(14(2)31-21)12-32(29,30)11-18(28)10-16-9-17(22(24,25)26)7-8-19(16)23/h3-9H,10-12H2,1-2H3. The molecular formula is C22H19ClF3NO4S. The van der Waals surface area contributed by atoms with Gasteiger partial charge >= 0.3 is 6.18 Å². The molecule has 0 amide bonds. The molecule has 0 saturated heterocycles. The minimum atomic E-state index is -4.60. The number of nitrogens with zero attached hydrogens (tertiary/aromatic N) is 1. The van der Waals surface area contributed by atoms with E-state index in [1.165, 1.54) is 0 Å². The van der Waals surface area contributed by atoms with Crippen LogP contribution in [0, 0.1) is 13.8 Å². The third-order valence-corrected chi connectivity index (χ3v) is 6.53. The van der Waals surface area contributed by atoms with Crippen molar-refractivity contribution in [3.63, 3.8) is 0 Å². The molecule has 3 aromatic rings. The topological polar surface area (TPSA) is 77.2 Å². The molecule has 0 radical (unpaired) electrons. The Hall–Kier alpha value is -2.65. The summed E-state index contributed by atoms with van der Waals surface area (Å²) in [6.45, 7) is 3.49. The van der Waals surface area contributed by atoms with Crippen LogP contribution in [0.1, 0.15) is 28.1 Å². The molecular weight excluding hydrogens is 467 g/mol. The number of halogens is 4. The lowest BCUT2D eigenvalue weighted by Crippen LogP contribution is -2.20. The number of rotatable bonds is 7. The lowest BCUT2D eigenvalue weighted by atomic mass is 10.1. The summed E-state index contributed by atoms with van der Waals surface area (Å²) in [6, 6.07) is 9.90. The van der Waals surface area contributed by atoms with Crippen LogP contribution in [0.4, 0.5) is 13.2 Å². The molecule has 0 saturated carbocycles. The van der Waals surface area contributed by atoms with Gasteiger partial charge < -0.3 is 4.42 Å². The van der Waals surface area contributed by atoms with Crippen molar-refractivity contribution in [2.45, 2.75) is 32.2 Å². The van der Waals surface area contributed by atoms with E-state index >= 15 is 0 Å². The molecule has 0 N–H and O–H groups in total. The number of oxazole rings is 1. The normalized spacial score (nSPS) is 12.2. The molecule has 10 heteroatoms. The molecule has 5 nitrogen and oxygen atoms in total. The van der Waals surface area contributed by atoms with E-state index in [2.05, 4.69) is 4.98 Å². The van der Waals surface area contributed by atoms with Crippen LogP contribution in [-0.4, -0.2) is 24.9 Å². The molecule has 3 rings (SSSR count). The van der Waals surface area contributed by atoms with Crippen LogP contribution in [0.2, 0.25) is 5.02 Å². The minimum Gasteiger partial charge on any atom is -0.441 e. The average Bonchev–Trinajstić information content (AvgIpc) is 3.02. The van der Waals surface area contributed by atoms with E-state index in [0.717, 1.165) is 23.8 Å². The molecule has 32 heavy (non-hydrogen) atoms. The Bertz CT molecular complexity index is 1250. The highest BCUT2D eigenvalue weighted by molar-refractivity contribution is 7.91. The summed E-state index contributed by atoms with van der Waals surface area (Å²) < 4.78 is 69.3. The average molecular weight is 486 g/mol. The molecule has 0 aliphatic heterocycles. The zero-order valence-corrected chi connectivity index (χ0v) is 18.7. The highest BCUT2D eigenvalue weighted by atomic mass is 35.5. The maximum absolute atomic E-state index is 12.9. The fraction of sp³-hybridized carbons (Fsp3) is 0.273. The molecule has 0 bridgehead atoms. The highest BCUT2D eigenvalue weighted by Gasteiger charge is 2.31. The number of aromatic nitrogens is 1. The molecule has 1 heterocycles. The van der Waals surface area contributed by atoms with Gasteiger partial charge in [-0.2, -0.15) is 13.2 Å². The first kappa shape index (κ1) is 24.0. The first-order valence-electron chi connectivity index (χ1n) is 9.45. The Kier molecular flexibility index (Phi) is 6.80. The Morgan fingerprint density at radius 3 is 2.38 bits per heavy atom. The zero-order chi connectivity index (χ0) is 23.7. The van der Waals surface area contributed by atoms with E-state index in [4.69, 9.17) is 16.0 Å². The molecule has 1 aromatic heterocycles. The second kappa shape index (κ2) is 9.07. The lowest BCUT2D eigenvalue weighted by molar-refractivity contribution is -0.137. The third-order valence-electron chi connectivity index (χ3n) is 4.69. The Balaban J connectivity index is 1.72. The summed E-state index contributed by atoms with van der Waals surface area (Å²) in [5, 5.41) is -0.0427. The van der Waals surface area contributed by atoms with Crippen LogP contribution in [0.5, 0.6) is 0 Å². The number of hydrogen-bond acceptors (Lipinski definition) is 5. The van der Waals surface area contributed by atoms with E-state index in [0.29, 0.717) is 11.3 Å². The minimum absolute atomic E-state index is 0.0427. The van der Waals surface area contributed by atoms with Crippen molar-refractivity contribution < 1.29 is 30.8 Å². The van der Waals surface area contributed by atoms with Gasteiger partial charge in [0.15, 0.2) is 15.6 Å². The Morgan fingerprint density at radius 2 is 1.75 bits per heavy atom. The van der Waals surface area contributed by atoms with Gasteiger partial charge in [0.25, 0.3) is 0 Å². The van der Waals surface area contributed by atoms with Crippen molar-refractivity contribution in [2.24, 2.45) is 0 Å². The van der Waals surface area contributed by atoms with E-state index in [9.17, 15) is 26.4 Å². The fourth-order valence-corrected chi connectivity index (χ4v) is 4.60. The number of aryl methyl sites for hydroxylation is 2. The van der Waals surface area contributed by atoms with Crippen molar-refractivity contribution in [2.75, 3.05) is 5.75 Å². The van der Waals surface area contributed by atoms with Gasteiger partial charge in [0.05, 0.1) is 17.0 Å². The van der Waals surface area contributed by atoms with Crippen molar-refractivity contribution in [1.29, 1.82) is 0 Å². The molecule has 0 aliphatic rings. The van der Waals surface area contributed by atoms with Crippen LogP contribution >= 0.6 is 11.6 Å². The van der Waals surface area contributed by atoms with E-state index in [-0.39, 0.29) is 22.2 Å². The number of carbonyl (C=O) groups is 1. The van der Waals surface area contributed by atoms with Gasteiger partial charge in [0.2, 0.25) is 5.89 Å². The fourth-order valence-electron chi connectivity index (χ4n) is 3.04. The maximum atomic E-state index is 12.9. The second-order valence-electron chi connectivity index (χ2n) is 7.44. The molecule has 0 fully saturated rings. The van der Waals surface area contributed by atoms with E-state index < -0.39 is 45.3 Å². The molecule has 0 unspecified atom stereocenters. The van der Waals surface area contributed by atoms with Crippen LogP contribution in [0.25, 0.3) is 11.5 Å². The molecule has 0 spiro atoms. The summed E-state index contributed by atoms with van der Waals surface area (Å²) >= 11 is 5.89. The molecule has 170 valence electrons. The van der Waals surface area contributed by atoms with Crippen molar-refractivity contribution in [3.8, 4) is 11.5 Å². The van der Waals surface area contributed by atoms with Crippen molar-refractivity contribution >= 4 is 27.2 Å². The van der Waals surface area contributed by atoms with Crippen molar-refractivity contribution in [3.05, 3.63) is 75.6 Å². The van der Waals surface area contributed by atoms with Crippen LogP contribution < -0.4 is 0 Å². The smallest absolute Gasteiger partial charge is 0.416 e. The summed E-state index contributed by atoms with van der Waals surface area (Å²) in [6.07, 6.45) is -5.14. The summed E-state index contributed by atoms with van der Waals surface area (Å²) in [5.74, 6) is -1.60. The largest absolute Gasteiger partial charge is 0.441 e. The van der Waals surface area contributed by atoms with Crippen LogP contribution in [0.3, 0.4) is 0 Å². The number of alkyl halides is 3. The first-order chi connectivity index (χ1) is 14.8. The monoisotopic (exact) mass is 485 g/mol. The van der Waals surface area contributed by atoms with Gasteiger partial charge in [0.1, 0.15) is 11.5 Å². The number of carbonyl (C=O) groups excluding carboxylic acids is 1. The highest BCUT2D eigenvalue weighted by Crippen LogP contribution is 2.32. The first-order valence-corrected chi connectivity index (χ1v) is 11.6. The molecule has 2 aromatic carbocycles. The number of ketones is 1. The van der Waals surface area contributed by atoms with E-state index in [1.807, 2.05) is 19.1 Å².